The molecule has 226 valence electrons. The number of nitrogens with zero attached hydrogens (tertiary/aromatic N) is 4. The van der Waals surface area contributed by atoms with Crippen molar-refractivity contribution in [2.75, 3.05) is 18.1 Å². The number of amides is 1. The molecule has 1 atom stereocenters. The van der Waals surface area contributed by atoms with Crippen molar-refractivity contribution in [3.63, 3.8) is 0 Å². The van der Waals surface area contributed by atoms with Gasteiger partial charge < -0.3 is 14.7 Å². The number of phenolic OH excluding ortho intramolecular Hbond substituents is 1. The van der Waals surface area contributed by atoms with Crippen molar-refractivity contribution >= 4 is 21.7 Å². The molecule has 0 radical (unpaired) electrons. The lowest BCUT2D eigenvalue weighted by molar-refractivity contribution is -0.190. The summed E-state index contributed by atoms with van der Waals surface area (Å²) in [7, 11) is -4.30. The number of carbonyl (C=O) groups excluding carboxylic acids is 1. The van der Waals surface area contributed by atoms with Crippen molar-refractivity contribution in [3.8, 4) is 17.4 Å². The van der Waals surface area contributed by atoms with E-state index < -0.39 is 33.1 Å². The van der Waals surface area contributed by atoms with E-state index in [1.54, 1.807) is 6.20 Å². The number of halogens is 3. The van der Waals surface area contributed by atoms with Crippen molar-refractivity contribution < 1.29 is 36.2 Å². The van der Waals surface area contributed by atoms with Crippen LogP contribution < -0.4 is 14.4 Å². The maximum Gasteiger partial charge on any atom is 0.394 e. The fourth-order valence-electron chi connectivity index (χ4n) is 5.48. The van der Waals surface area contributed by atoms with Gasteiger partial charge in [0.05, 0.1) is 22.5 Å². The number of nitrogens with one attached hydrogen (secondary N) is 1. The van der Waals surface area contributed by atoms with Crippen LogP contribution in [0.3, 0.4) is 0 Å². The number of ether oxygens (including phenoxy) is 1. The van der Waals surface area contributed by atoms with Crippen molar-refractivity contribution in [3.05, 3.63) is 54.2 Å². The molecule has 1 saturated heterocycles. The van der Waals surface area contributed by atoms with Crippen LogP contribution in [0.4, 0.5) is 19.0 Å². The van der Waals surface area contributed by atoms with E-state index in [-0.39, 0.29) is 59.7 Å². The molecule has 42 heavy (non-hydrogen) atoms. The van der Waals surface area contributed by atoms with Gasteiger partial charge in [0.2, 0.25) is 5.88 Å². The Morgan fingerprint density at radius 2 is 1.93 bits per heavy atom. The zero-order chi connectivity index (χ0) is 30.5. The molecule has 1 saturated carbocycles. The molecule has 1 amide bonds. The van der Waals surface area contributed by atoms with Gasteiger partial charge in [-0.15, -0.1) is 5.10 Å². The summed E-state index contributed by atoms with van der Waals surface area (Å²) >= 11 is 0. The summed E-state index contributed by atoms with van der Waals surface area (Å²) in [6.07, 6.45) is -1.86. The second-order valence-electron chi connectivity index (χ2n) is 11.7. The van der Waals surface area contributed by atoms with Gasteiger partial charge in [-0.05, 0) is 69.7 Å². The van der Waals surface area contributed by atoms with E-state index in [4.69, 9.17) is 9.72 Å². The van der Waals surface area contributed by atoms with Gasteiger partial charge >= 0.3 is 6.18 Å². The number of phenols is 1. The van der Waals surface area contributed by atoms with E-state index in [0.717, 1.165) is 12.5 Å². The normalized spacial score (nSPS) is 19.5. The summed E-state index contributed by atoms with van der Waals surface area (Å²) in [5.74, 6) is -0.203. The van der Waals surface area contributed by atoms with Gasteiger partial charge in [0.25, 0.3) is 15.9 Å². The fourth-order valence-corrected chi connectivity index (χ4v) is 6.49. The molecular weight excluding hydrogens is 575 g/mol. The Labute approximate surface area is 241 Å². The SMILES string of the molecule is C[C@@H]1CN(c2nc(-n3ccc(OCCC4(C(F)(F)F)CC4)n3)ccc2C(=O)NS(=O)(=O)c2cccc(O)c2)C(C)(C)C1. The topological polar surface area (TPSA) is 127 Å². The second kappa shape index (κ2) is 10.5. The van der Waals surface area contributed by atoms with E-state index in [1.807, 2.05) is 18.7 Å². The van der Waals surface area contributed by atoms with Crippen LogP contribution >= 0.6 is 0 Å². The quantitative estimate of drug-likeness (QED) is 0.354. The van der Waals surface area contributed by atoms with Crippen molar-refractivity contribution in [1.29, 1.82) is 0 Å². The predicted molar refractivity (Wildman–Crippen MR) is 147 cm³/mol. The first-order valence-electron chi connectivity index (χ1n) is 13.5. The van der Waals surface area contributed by atoms with Gasteiger partial charge in [-0.25, -0.2) is 22.8 Å². The van der Waals surface area contributed by atoms with Gasteiger partial charge in [-0.1, -0.05) is 13.0 Å². The van der Waals surface area contributed by atoms with Crippen LogP contribution in [-0.2, 0) is 10.0 Å². The van der Waals surface area contributed by atoms with E-state index in [0.29, 0.717) is 12.4 Å². The standard InChI is InChI=1S/C28H32F3N5O5S/c1-18-16-26(2,3)35(17-18)24-21(25(38)34-42(39,40)20-6-4-5-19(37)15-20)7-8-22(32-24)36-13-9-23(33-36)41-14-12-27(10-11-27)28(29,30)31/h4-9,13,15,18,37H,10-12,14,16-17H2,1-3H3,(H,34,38)/t18-/m0/s1. The monoisotopic (exact) mass is 607 g/mol. The molecular formula is C28H32F3N5O5S. The Balaban J connectivity index is 1.41. The number of hydrogen-bond acceptors (Lipinski definition) is 8. The van der Waals surface area contributed by atoms with E-state index in [9.17, 15) is 31.5 Å². The minimum absolute atomic E-state index is 0.0233. The Kier molecular flexibility index (Phi) is 7.40. The molecule has 2 aliphatic rings. The number of benzene rings is 1. The molecule has 0 unspecified atom stereocenters. The molecule has 1 aliphatic carbocycles. The van der Waals surface area contributed by atoms with Crippen LogP contribution in [0.2, 0.25) is 0 Å². The van der Waals surface area contributed by atoms with Crippen LogP contribution in [0.1, 0.15) is 56.8 Å². The van der Waals surface area contributed by atoms with Crippen molar-refractivity contribution in [1.82, 2.24) is 19.5 Å². The lowest BCUT2D eigenvalue weighted by Gasteiger charge is -2.34. The van der Waals surface area contributed by atoms with Crippen LogP contribution in [0.5, 0.6) is 11.6 Å². The number of rotatable bonds is 9. The molecule has 5 rings (SSSR count). The molecule has 0 spiro atoms. The highest BCUT2D eigenvalue weighted by atomic mass is 32.2. The maximum absolute atomic E-state index is 13.4. The number of hydrogen-bond donors (Lipinski definition) is 2. The third kappa shape index (κ3) is 5.90. The summed E-state index contributed by atoms with van der Waals surface area (Å²) in [5.41, 5.74) is -2.05. The minimum atomic E-state index is -4.30. The zero-order valence-corrected chi connectivity index (χ0v) is 24.2. The molecule has 2 aromatic heterocycles. The van der Waals surface area contributed by atoms with E-state index in [2.05, 4.69) is 16.7 Å². The number of aromatic nitrogens is 3. The lowest BCUT2D eigenvalue weighted by Crippen LogP contribution is -2.41. The summed E-state index contributed by atoms with van der Waals surface area (Å²) in [5, 5.41) is 14.0. The van der Waals surface area contributed by atoms with Gasteiger partial charge in [0.15, 0.2) is 5.82 Å². The summed E-state index contributed by atoms with van der Waals surface area (Å²) < 4.78 is 74.4. The largest absolute Gasteiger partial charge is 0.508 e. The first-order valence-corrected chi connectivity index (χ1v) is 15.0. The van der Waals surface area contributed by atoms with Crippen LogP contribution in [0, 0.1) is 11.3 Å². The highest BCUT2D eigenvalue weighted by Gasteiger charge is 2.62. The van der Waals surface area contributed by atoms with E-state index in [1.165, 1.54) is 41.1 Å². The third-order valence-electron chi connectivity index (χ3n) is 7.87. The summed E-state index contributed by atoms with van der Waals surface area (Å²) in [4.78, 5) is 19.7. The Hall–Kier alpha value is -3.81. The number of carbonyl (C=O) groups is 1. The fraction of sp³-hybridized carbons (Fsp3) is 0.464. The number of anilines is 1. The number of alkyl halides is 3. The highest BCUT2D eigenvalue weighted by Crippen LogP contribution is 2.59. The minimum Gasteiger partial charge on any atom is -0.508 e. The van der Waals surface area contributed by atoms with Gasteiger partial charge in [0, 0.05) is 30.4 Å². The van der Waals surface area contributed by atoms with Gasteiger partial charge in [-0.3, -0.25) is 4.79 Å². The average Bonchev–Trinajstić information content (AvgIpc) is 3.46. The molecule has 10 nitrogen and oxygen atoms in total. The third-order valence-corrected chi connectivity index (χ3v) is 9.20. The molecule has 3 heterocycles. The van der Waals surface area contributed by atoms with Crippen molar-refractivity contribution in [2.24, 2.45) is 11.3 Å². The Bertz CT molecular complexity index is 1600. The van der Waals surface area contributed by atoms with Gasteiger partial charge in [0.1, 0.15) is 11.6 Å². The Morgan fingerprint density at radius 3 is 2.55 bits per heavy atom. The number of pyridine rings is 1. The molecule has 0 bridgehead atoms. The average molecular weight is 608 g/mol. The van der Waals surface area contributed by atoms with Gasteiger partial charge in [-0.2, -0.15) is 13.2 Å². The molecule has 1 aliphatic heterocycles. The first kappa shape index (κ1) is 29.7. The first-order chi connectivity index (χ1) is 19.6. The highest BCUT2D eigenvalue weighted by molar-refractivity contribution is 7.90. The van der Waals surface area contributed by atoms with Crippen LogP contribution in [0.15, 0.2) is 53.6 Å². The van der Waals surface area contributed by atoms with Crippen molar-refractivity contribution in [2.45, 2.75) is 63.1 Å². The van der Waals surface area contributed by atoms with Crippen LogP contribution in [-0.4, -0.2) is 59.1 Å². The lowest BCUT2D eigenvalue weighted by atomic mass is 9.97. The molecule has 3 aromatic rings. The van der Waals surface area contributed by atoms with Crippen LogP contribution in [0.25, 0.3) is 5.82 Å². The molecule has 1 aromatic carbocycles. The summed E-state index contributed by atoms with van der Waals surface area (Å²) in [6.45, 7) is 6.51. The Morgan fingerprint density at radius 1 is 1.19 bits per heavy atom. The molecule has 2 N–H and O–H groups in total. The summed E-state index contributed by atoms with van der Waals surface area (Å²) in [6, 6.07) is 9.42. The maximum atomic E-state index is 13.4. The second-order valence-corrected chi connectivity index (χ2v) is 13.4. The smallest absolute Gasteiger partial charge is 0.394 e. The molecule has 2 fully saturated rings. The number of sulfonamides is 1. The molecule has 14 heteroatoms. The predicted octanol–water partition coefficient (Wildman–Crippen LogP) is 4.83. The zero-order valence-electron chi connectivity index (χ0n) is 23.3. The number of aromatic hydroxyl groups is 1. The van der Waals surface area contributed by atoms with E-state index >= 15 is 0 Å².